The molecule has 0 saturated carbocycles. The Morgan fingerprint density at radius 2 is 2.39 bits per heavy atom. The Bertz CT molecular complexity index is 536. The Balaban J connectivity index is 2.82. The van der Waals surface area contributed by atoms with E-state index in [2.05, 4.69) is 16.3 Å². The molecule has 5 nitrogen and oxygen atoms in total. The highest BCUT2D eigenvalue weighted by Crippen LogP contribution is 2.14. The van der Waals surface area contributed by atoms with Crippen LogP contribution in [0.4, 0.5) is 5.69 Å². The van der Waals surface area contributed by atoms with E-state index in [4.69, 9.17) is 18.0 Å². The number of hydrogen-bond donors (Lipinski definition) is 1. The zero-order valence-corrected chi connectivity index (χ0v) is 11.6. The van der Waals surface area contributed by atoms with Gasteiger partial charge in [-0.2, -0.15) is 5.10 Å². The third-order valence-electron chi connectivity index (χ3n) is 2.19. The fourth-order valence-electron chi connectivity index (χ4n) is 1.26. The van der Waals surface area contributed by atoms with Crippen molar-refractivity contribution in [1.29, 1.82) is 0 Å². The number of anilines is 1. The van der Waals surface area contributed by atoms with Crippen LogP contribution < -0.4 is 10.9 Å². The molecule has 0 aliphatic rings. The molecule has 0 aromatic carbocycles. The Hall–Kier alpha value is -1.32. The SMILES string of the molecule is C#CCn1ncc(Cl)c(NCCS(=O)CC)c1=O. The van der Waals surface area contributed by atoms with Crippen molar-refractivity contribution in [2.45, 2.75) is 13.5 Å². The summed E-state index contributed by atoms with van der Waals surface area (Å²) < 4.78 is 12.4. The van der Waals surface area contributed by atoms with Crippen molar-refractivity contribution in [3.05, 3.63) is 21.6 Å². The van der Waals surface area contributed by atoms with Crippen LogP contribution in [0.3, 0.4) is 0 Å². The largest absolute Gasteiger partial charge is 0.378 e. The molecule has 0 radical (unpaired) electrons. The van der Waals surface area contributed by atoms with Gasteiger partial charge >= 0.3 is 0 Å². The lowest BCUT2D eigenvalue weighted by atomic mass is 10.4. The molecule has 1 heterocycles. The number of nitrogens with one attached hydrogen (secondary N) is 1. The van der Waals surface area contributed by atoms with Crippen LogP contribution in [0.15, 0.2) is 11.0 Å². The topological polar surface area (TPSA) is 64.0 Å². The van der Waals surface area contributed by atoms with Gasteiger partial charge in [0.2, 0.25) is 0 Å². The highest BCUT2D eigenvalue weighted by Gasteiger charge is 2.09. The maximum Gasteiger partial charge on any atom is 0.292 e. The van der Waals surface area contributed by atoms with Gasteiger partial charge in [0.1, 0.15) is 12.2 Å². The first-order chi connectivity index (χ1) is 8.60. The van der Waals surface area contributed by atoms with E-state index in [0.717, 1.165) is 4.68 Å². The minimum atomic E-state index is -0.885. The van der Waals surface area contributed by atoms with E-state index in [9.17, 15) is 9.00 Å². The van der Waals surface area contributed by atoms with E-state index >= 15 is 0 Å². The van der Waals surface area contributed by atoms with E-state index in [1.807, 2.05) is 6.92 Å². The maximum atomic E-state index is 11.9. The van der Waals surface area contributed by atoms with Crippen molar-refractivity contribution >= 4 is 28.1 Å². The van der Waals surface area contributed by atoms with Gasteiger partial charge in [0.25, 0.3) is 5.56 Å². The van der Waals surface area contributed by atoms with Crippen molar-refractivity contribution in [2.75, 3.05) is 23.4 Å². The highest BCUT2D eigenvalue weighted by atomic mass is 35.5. The van der Waals surface area contributed by atoms with Crippen LogP contribution in [0.5, 0.6) is 0 Å². The number of terminal acetylenes is 1. The molecule has 0 amide bonds. The zero-order chi connectivity index (χ0) is 13.5. The van der Waals surface area contributed by atoms with Crippen LogP contribution >= 0.6 is 11.6 Å². The third-order valence-corrected chi connectivity index (χ3v) is 3.78. The first-order valence-electron chi connectivity index (χ1n) is 5.38. The molecular weight excluding hydrogens is 274 g/mol. The van der Waals surface area contributed by atoms with Crippen molar-refractivity contribution in [2.24, 2.45) is 0 Å². The van der Waals surface area contributed by atoms with E-state index in [-0.39, 0.29) is 22.8 Å². The summed E-state index contributed by atoms with van der Waals surface area (Å²) in [5.74, 6) is 3.39. The van der Waals surface area contributed by atoms with Crippen LogP contribution in [-0.4, -0.2) is 32.0 Å². The van der Waals surface area contributed by atoms with Crippen molar-refractivity contribution in [1.82, 2.24) is 9.78 Å². The average Bonchev–Trinajstić information content (AvgIpc) is 2.36. The zero-order valence-electron chi connectivity index (χ0n) is 9.98. The first kappa shape index (κ1) is 14.7. The minimum Gasteiger partial charge on any atom is -0.378 e. The van der Waals surface area contributed by atoms with Gasteiger partial charge in [-0.15, -0.1) is 6.42 Å². The molecule has 0 fully saturated rings. The van der Waals surface area contributed by atoms with Crippen molar-refractivity contribution in [3.63, 3.8) is 0 Å². The molecule has 98 valence electrons. The average molecular weight is 288 g/mol. The summed E-state index contributed by atoms with van der Waals surface area (Å²) in [6.45, 7) is 2.34. The molecule has 1 rings (SSSR count). The third kappa shape index (κ3) is 3.86. The molecule has 0 aliphatic carbocycles. The molecule has 1 atom stereocenters. The normalized spacial score (nSPS) is 11.8. The van der Waals surface area contributed by atoms with E-state index in [1.54, 1.807) is 0 Å². The number of nitrogens with zero attached hydrogens (tertiary/aromatic N) is 2. The van der Waals surface area contributed by atoms with Crippen molar-refractivity contribution in [3.8, 4) is 12.3 Å². The minimum absolute atomic E-state index is 0.0889. The molecule has 0 saturated heterocycles. The van der Waals surface area contributed by atoms with E-state index < -0.39 is 10.8 Å². The fourth-order valence-corrected chi connectivity index (χ4v) is 2.07. The number of hydrogen-bond acceptors (Lipinski definition) is 4. The summed E-state index contributed by atoms with van der Waals surface area (Å²) in [5, 5.41) is 6.93. The van der Waals surface area contributed by atoms with E-state index in [1.165, 1.54) is 6.20 Å². The van der Waals surface area contributed by atoms with Gasteiger partial charge in [0.05, 0.1) is 11.2 Å². The summed E-state index contributed by atoms with van der Waals surface area (Å²) in [6.07, 6.45) is 6.49. The summed E-state index contributed by atoms with van der Waals surface area (Å²) in [6, 6.07) is 0. The Morgan fingerprint density at radius 3 is 3.00 bits per heavy atom. The van der Waals surface area contributed by atoms with Gasteiger partial charge in [-0.3, -0.25) is 9.00 Å². The Kier molecular flexibility index (Phi) is 5.89. The van der Waals surface area contributed by atoms with Crippen LogP contribution in [0.1, 0.15) is 6.92 Å². The molecule has 1 unspecified atom stereocenters. The summed E-state index contributed by atoms with van der Waals surface area (Å²) in [5.41, 5.74) is -0.127. The second-order valence-electron chi connectivity index (χ2n) is 3.39. The predicted octanol–water partition coefficient (Wildman–Crippen LogP) is 0.710. The van der Waals surface area contributed by atoms with Gasteiger partial charge in [-0.05, 0) is 0 Å². The molecule has 1 aromatic rings. The van der Waals surface area contributed by atoms with Crippen LogP contribution in [0.25, 0.3) is 0 Å². The molecule has 18 heavy (non-hydrogen) atoms. The van der Waals surface area contributed by atoms with Crippen LogP contribution in [-0.2, 0) is 17.3 Å². The highest BCUT2D eigenvalue weighted by molar-refractivity contribution is 7.84. The van der Waals surface area contributed by atoms with Gasteiger partial charge in [-0.1, -0.05) is 24.4 Å². The second kappa shape index (κ2) is 7.19. The summed E-state index contributed by atoms with van der Waals surface area (Å²) >= 11 is 5.89. The molecule has 0 bridgehead atoms. The Labute approximate surface area is 113 Å². The lowest BCUT2D eigenvalue weighted by Crippen LogP contribution is -2.27. The number of rotatable bonds is 6. The summed E-state index contributed by atoms with van der Waals surface area (Å²) in [7, 11) is -0.885. The van der Waals surface area contributed by atoms with Crippen LogP contribution in [0.2, 0.25) is 5.02 Å². The summed E-state index contributed by atoms with van der Waals surface area (Å²) in [4.78, 5) is 11.9. The number of aromatic nitrogens is 2. The smallest absolute Gasteiger partial charge is 0.292 e. The quantitative estimate of drug-likeness (QED) is 0.783. The van der Waals surface area contributed by atoms with Gasteiger partial charge in [0.15, 0.2) is 0 Å². The maximum absolute atomic E-state index is 11.9. The van der Waals surface area contributed by atoms with Crippen molar-refractivity contribution < 1.29 is 4.21 Å². The molecule has 0 aliphatic heterocycles. The van der Waals surface area contributed by atoms with Gasteiger partial charge < -0.3 is 5.32 Å². The second-order valence-corrected chi connectivity index (χ2v) is 5.67. The monoisotopic (exact) mass is 287 g/mol. The number of halogens is 1. The lowest BCUT2D eigenvalue weighted by molar-refractivity contribution is 0.664. The van der Waals surface area contributed by atoms with Gasteiger partial charge in [0, 0.05) is 28.9 Å². The molecule has 0 spiro atoms. The molecular formula is C11H14ClN3O2S. The Morgan fingerprint density at radius 1 is 1.67 bits per heavy atom. The molecule has 1 aromatic heterocycles. The first-order valence-corrected chi connectivity index (χ1v) is 7.24. The van der Waals surface area contributed by atoms with E-state index in [0.29, 0.717) is 18.1 Å². The van der Waals surface area contributed by atoms with Crippen LogP contribution in [0, 0.1) is 12.3 Å². The van der Waals surface area contributed by atoms with Gasteiger partial charge in [-0.25, -0.2) is 4.68 Å². The fraction of sp³-hybridized carbons (Fsp3) is 0.455. The molecule has 1 N–H and O–H groups in total. The molecule has 7 heteroatoms. The lowest BCUT2D eigenvalue weighted by Gasteiger charge is -2.08. The standard InChI is InChI=1S/C11H14ClN3O2S/c1-3-6-15-11(16)10(9(12)8-14-15)13-5-7-18(17)4-2/h1,8,13H,4-7H2,2H3. The predicted molar refractivity (Wildman–Crippen MR) is 74.4 cm³/mol.